The smallest absolute Gasteiger partial charge is 0.348 e. The van der Waals surface area contributed by atoms with E-state index in [-0.39, 0.29) is 33.7 Å². The first-order chi connectivity index (χ1) is 14.6. The first-order valence-electron chi connectivity index (χ1n) is 9.22. The molecule has 0 fully saturated rings. The van der Waals surface area contributed by atoms with Gasteiger partial charge in [-0.05, 0) is 56.2 Å². The first kappa shape index (κ1) is 24.7. The Morgan fingerprint density at radius 1 is 1.10 bits per heavy atom. The van der Waals surface area contributed by atoms with Crippen molar-refractivity contribution in [3.05, 3.63) is 45.8 Å². The second-order valence-electron chi connectivity index (χ2n) is 6.20. The second kappa shape index (κ2) is 10.7. The lowest BCUT2D eigenvalue weighted by Gasteiger charge is -2.11. The van der Waals surface area contributed by atoms with Crippen molar-refractivity contribution in [3.8, 4) is 0 Å². The fourth-order valence-corrected chi connectivity index (χ4v) is 4.42. The lowest BCUT2D eigenvalue weighted by molar-refractivity contribution is 0.0527. The molecular formula is C19H23N3O6S3. The van der Waals surface area contributed by atoms with Crippen molar-refractivity contribution in [2.75, 3.05) is 18.5 Å². The van der Waals surface area contributed by atoms with E-state index in [9.17, 15) is 18.0 Å². The number of thiocarbonyl (C=S) groups is 1. The molecule has 1 heterocycles. The number of nitrogens with one attached hydrogen (secondary N) is 2. The van der Waals surface area contributed by atoms with E-state index in [0.717, 1.165) is 16.9 Å². The van der Waals surface area contributed by atoms with Crippen LogP contribution >= 0.6 is 23.6 Å². The molecule has 9 nitrogen and oxygen atoms in total. The molecule has 0 atom stereocenters. The highest BCUT2D eigenvalue weighted by Crippen LogP contribution is 2.34. The van der Waals surface area contributed by atoms with Crippen molar-refractivity contribution in [2.45, 2.75) is 32.2 Å². The third-order valence-corrected chi connectivity index (χ3v) is 6.38. The van der Waals surface area contributed by atoms with Gasteiger partial charge in [0.05, 0.1) is 23.7 Å². The summed E-state index contributed by atoms with van der Waals surface area (Å²) in [5.74, 6) is -1.10. The van der Waals surface area contributed by atoms with Crippen molar-refractivity contribution in [1.29, 1.82) is 0 Å². The molecule has 1 aromatic carbocycles. The van der Waals surface area contributed by atoms with Gasteiger partial charge < -0.3 is 20.1 Å². The Labute approximate surface area is 190 Å². The van der Waals surface area contributed by atoms with Crippen LogP contribution in [-0.4, -0.2) is 38.7 Å². The van der Waals surface area contributed by atoms with Gasteiger partial charge in [-0.1, -0.05) is 12.1 Å². The molecule has 2 aromatic rings. The monoisotopic (exact) mass is 485 g/mol. The molecule has 0 aliphatic rings. The molecule has 31 heavy (non-hydrogen) atoms. The number of hydrogen-bond acceptors (Lipinski definition) is 8. The van der Waals surface area contributed by atoms with Gasteiger partial charge in [-0.15, -0.1) is 11.3 Å². The molecule has 0 aliphatic heterocycles. The summed E-state index contributed by atoms with van der Waals surface area (Å²) in [5.41, 5.74) is 1.43. The summed E-state index contributed by atoms with van der Waals surface area (Å²) in [6.45, 7) is 5.70. The van der Waals surface area contributed by atoms with Crippen LogP contribution in [0.25, 0.3) is 0 Å². The molecule has 0 saturated heterocycles. The van der Waals surface area contributed by atoms with E-state index in [0.29, 0.717) is 17.1 Å². The van der Waals surface area contributed by atoms with Crippen LogP contribution in [0.4, 0.5) is 5.00 Å². The summed E-state index contributed by atoms with van der Waals surface area (Å²) in [7, 11) is -3.76. The van der Waals surface area contributed by atoms with Gasteiger partial charge in [0.15, 0.2) is 5.11 Å². The number of esters is 2. The average molecular weight is 486 g/mol. The predicted molar refractivity (Wildman–Crippen MR) is 122 cm³/mol. The predicted octanol–water partition coefficient (Wildman–Crippen LogP) is 2.54. The van der Waals surface area contributed by atoms with E-state index in [1.807, 2.05) is 0 Å². The molecule has 168 valence electrons. The summed E-state index contributed by atoms with van der Waals surface area (Å²) in [5, 5.41) is 11.5. The third kappa shape index (κ3) is 6.47. The molecule has 0 saturated carbocycles. The maximum Gasteiger partial charge on any atom is 0.348 e. The molecular weight excluding hydrogens is 462 g/mol. The van der Waals surface area contributed by atoms with E-state index in [1.165, 1.54) is 12.1 Å². The topological polar surface area (TPSA) is 137 Å². The Morgan fingerprint density at radius 3 is 2.23 bits per heavy atom. The summed E-state index contributed by atoms with van der Waals surface area (Å²) >= 11 is 6.35. The van der Waals surface area contributed by atoms with Crippen molar-refractivity contribution < 1.29 is 27.5 Å². The van der Waals surface area contributed by atoms with Crippen molar-refractivity contribution in [2.24, 2.45) is 5.14 Å². The maximum atomic E-state index is 12.4. The van der Waals surface area contributed by atoms with E-state index in [1.54, 1.807) is 32.9 Å². The molecule has 4 N–H and O–H groups in total. The van der Waals surface area contributed by atoms with Gasteiger partial charge in [-0.3, -0.25) is 0 Å². The SMILES string of the molecule is CCOC(=O)c1sc(NC(=S)NCc2ccc(S(N)(=O)=O)cc2)c(C(=O)OCC)c1C. The number of thiophene rings is 1. The minimum absolute atomic E-state index is 0.0107. The zero-order chi connectivity index (χ0) is 23.2. The van der Waals surface area contributed by atoms with Crippen LogP contribution in [0.5, 0.6) is 0 Å². The number of benzene rings is 1. The lowest BCUT2D eigenvalue weighted by Crippen LogP contribution is -2.28. The van der Waals surface area contributed by atoms with Crippen LogP contribution in [0, 0.1) is 6.92 Å². The number of rotatable bonds is 8. The quantitative estimate of drug-likeness (QED) is 0.380. The van der Waals surface area contributed by atoms with Crippen LogP contribution in [-0.2, 0) is 26.0 Å². The summed E-state index contributed by atoms with van der Waals surface area (Å²) < 4.78 is 32.8. The average Bonchev–Trinajstić information content (AvgIpc) is 3.02. The minimum Gasteiger partial charge on any atom is -0.462 e. The zero-order valence-corrected chi connectivity index (χ0v) is 19.6. The lowest BCUT2D eigenvalue weighted by atomic mass is 10.1. The van der Waals surface area contributed by atoms with Crippen molar-refractivity contribution >= 4 is 55.6 Å². The van der Waals surface area contributed by atoms with Gasteiger partial charge >= 0.3 is 11.9 Å². The van der Waals surface area contributed by atoms with Crippen molar-refractivity contribution in [1.82, 2.24) is 5.32 Å². The molecule has 0 radical (unpaired) electrons. The summed E-state index contributed by atoms with van der Waals surface area (Å²) in [6.07, 6.45) is 0. The van der Waals surface area contributed by atoms with E-state index < -0.39 is 22.0 Å². The molecule has 0 amide bonds. The van der Waals surface area contributed by atoms with Crippen molar-refractivity contribution in [3.63, 3.8) is 0 Å². The van der Waals surface area contributed by atoms with Gasteiger partial charge in [-0.25, -0.2) is 23.1 Å². The second-order valence-corrected chi connectivity index (χ2v) is 9.19. The molecule has 0 aliphatic carbocycles. The molecule has 2 rings (SSSR count). The highest BCUT2D eigenvalue weighted by Gasteiger charge is 2.26. The Morgan fingerprint density at radius 2 is 1.68 bits per heavy atom. The van der Waals surface area contributed by atoms with Crippen LogP contribution in [0.2, 0.25) is 0 Å². The standard InChI is InChI=1S/C19H23N3O6S3/c1-4-27-17(23)14-11(3)15(18(24)28-5-2)30-16(14)22-19(29)21-10-12-6-8-13(9-7-12)31(20,25)26/h6-9H,4-5,10H2,1-3H3,(H2,20,25,26)(H2,21,22,29). The Balaban J connectivity index is 2.16. The molecule has 0 unspecified atom stereocenters. The Hall–Kier alpha value is -2.54. The van der Waals surface area contributed by atoms with Crippen LogP contribution in [0.1, 0.15) is 45.0 Å². The molecule has 0 bridgehead atoms. The van der Waals surface area contributed by atoms with Crippen LogP contribution < -0.4 is 15.8 Å². The van der Waals surface area contributed by atoms with Gasteiger partial charge in [0.2, 0.25) is 10.0 Å². The molecule has 1 aromatic heterocycles. The normalized spacial score (nSPS) is 11.0. The fourth-order valence-electron chi connectivity index (χ4n) is 2.57. The Bertz CT molecular complexity index is 1080. The summed E-state index contributed by atoms with van der Waals surface area (Å²) in [6, 6.07) is 6.01. The van der Waals surface area contributed by atoms with Gasteiger partial charge in [0.25, 0.3) is 0 Å². The number of primary sulfonamides is 1. The first-order valence-corrected chi connectivity index (χ1v) is 12.0. The number of nitrogens with two attached hydrogens (primary N) is 1. The Kier molecular flexibility index (Phi) is 8.51. The van der Waals surface area contributed by atoms with Crippen LogP contribution in [0.15, 0.2) is 29.2 Å². The van der Waals surface area contributed by atoms with E-state index in [4.69, 9.17) is 26.8 Å². The van der Waals surface area contributed by atoms with Crippen LogP contribution in [0.3, 0.4) is 0 Å². The number of sulfonamides is 1. The molecule has 0 spiro atoms. The largest absolute Gasteiger partial charge is 0.462 e. The van der Waals surface area contributed by atoms with Gasteiger partial charge in [-0.2, -0.15) is 0 Å². The fraction of sp³-hybridized carbons (Fsp3) is 0.316. The number of hydrogen-bond donors (Lipinski definition) is 3. The zero-order valence-electron chi connectivity index (χ0n) is 17.2. The highest BCUT2D eigenvalue weighted by atomic mass is 32.2. The van der Waals surface area contributed by atoms with E-state index >= 15 is 0 Å². The minimum atomic E-state index is -3.76. The number of ether oxygens (including phenoxy) is 2. The molecule has 12 heteroatoms. The maximum absolute atomic E-state index is 12.4. The third-order valence-electron chi connectivity index (χ3n) is 4.02. The van der Waals surface area contributed by atoms with Gasteiger partial charge in [0, 0.05) is 6.54 Å². The number of carbonyl (C=O) groups is 2. The highest BCUT2D eigenvalue weighted by molar-refractivity contribution is 7.89. The number of anilines is 1. The van der Waals surface area contributed by atoms with Gasteiger partial charge in [0.1, 0.15) is 9.88 Å². The summed E-state index contributed by atoms with van der Waals surface area (Å²) in [4.78, 5) is 24.9. The number of carbonyl (C=O) groups excluding carboxylic acids is 2. The van der Waals surface area contributed by atoms with E-state index in [2.05, 4.69) is 10.6 Å².